The summed E-state index contributed by atoms with van der Waals surface area (Å²) in [5.74, 6) is 0.569. The van der Waals surface area contributed by atoms with Gasteiger partial charge in [0, 0.05) is 19.1 Å². The SMILES string of the molecule is CC(C)(C)OC(=O)N1CCC(Nc2ncc(N)cn2)CC1. The molecule has 1 aliphatic rings. The van der Waals surface area contributed by atoms with Crippen LogP contribution >= 0.6 is 0 Å². The van der Waals surface area contributed by atoms with Gasteiger partial charge in [-0.25, -0.2) is 14.8 Å². The molecule has 1 aromatic rings. The second kappa shape index (κ2) is 6.15. The summed E-state index contributed by atoms with van der Waals surface area (Å²) < 4.78 is 5.37. The first-order chi connectivity index (χ1) is 9.83. The first kappa shape index (κ1) is 15.3. The quantitative estimate of drug-likeness (QED) is 0.864. The number of carbonyl (C=O) groups is 1. The van der Waals surface area contributed by atoms with E-state index in [2.05, 4.69) is 15.3 Å². The molecule has 2 heterocycles. The van der Waals surface area contributed by atoms with Crippen LogP contribution in [0.15, 0.2) is 12.4 Å². The molecule has 0 bridgehead atoms. The first-order valence-electron chi connectivity index (χ1n) is 7.15. The van der Waals surface area contributed by atoms with Gasteiger partial charge in [-0.1, -0.05) is 0 Å². The number of anilines is 2. The zero-order chi connectivity index (χ0) is 15.5. The van der Waals surface area contributed by atoms with Crippen LogP contribution < -0.4 is 11.1 Å². The molecule has 0 aliphatic carbocycles. The number of nitrogens with zero attached hydrogens (tertiary/aromatic N) is 3. The summed E-state index contributed by atoms with van der Waals surface area (Å²) in [6, 6.07) is 0.257. The van der Waals surface area contributed by atoms with Gasteiger partial charge in [0.2, 0.25) is 5.95 Å². The lowest BCUT2D eigenvalue weighted by molar-refractivity contribution is 0.0210. The number of ether oxygens (including phenoxy) is 1. The van der Waals surface area contributed by atoms with Crippen LogP contribution in [0.5, 0.6) is 0 Å². The Labute approximate surface area is 124 Å². The van der Waals surface area contributed by atoms with Crippen molar-refractivity contribution in [2.75, 3.05) is 24.1 Å². The van der Waals surface area contributed by atoms with Crippen LogP contribution in [0.1, 0.15) is 33.6 Å². The average Bonchev–Trinajstić information content (AvgIpc) is 2.40. The number of hydrogen-bond donors (Lipinski definition) is 2. The third-order valence-electron chi connectivity index (χ3n) is 3.15. The van der Waals surface area contributed by atoms with E-state index in [1.54, 1.807) is 17.3 Å². The van der Waals surface area contributed by atoms with E-state index in [1.165, 1.54) is 0 Å². The lowest BCUT2D eigenvalue weighted by Gasteiger charge is -2.33. The molecule has 7 heteroatoms. The third kappa shape index (κ3) is 4.77. The maximum atomic E-state index is 12.0. The summed E-state index contributed by atoms with van der Waals surface area (Å²) >= 11 is 0. The Kier molecular flexibility index (Phi) is 4.50. The summed E-state index contributed by atoms with van der Waals surface area (Å²) in [4.78, 5) is 21.9. The molecule has 0 saturated carbocycles. The van der Waals surface area contributed by atoms with Crippen molar-refractivity contribution in [2.45, 2.75) is 45.3 Å². The van der Waals surface area contributed by atoms with Crippen molar-refractivity contribution < 1.29 is 9.53 Å². The molecule has 1 amide bonds. The molecule has 1 aromatic heterocycles. The highest BCUT2D eigenvalue weighted by atomic mass is 16.6. The molecule has 3 N–H and O–H groups in total. The van der Waals surface area contributed by atoms with Crippen LogP contribution in [-0.4, -0.2) is 45.7 Å². The lowest BCUT2D eigenvalue weighted by Crippen LogP contribution is -2.44. The maximum Gasteiger partial charge on any atom is 0.410 e. The van der Waals surface area contributed by atoms with E-state index in [0.717, 1.165) is 12.8 Å². The maximum absolute atomic E-state index is 12.0. The Bertz CT molecular complexity index is 475. The number of hydrogen-bond acceptors (Lipinski definition) is 6. The van der Waals surface area contributed by atoms with E-state index >= 15 is 0 Å². The first-order valence-corrected chi connectivity index (χ1v) is 7.15. The van der Waals surface area contributed by atoms with Gasteiger partial charge >= 0.3 is 6.09 Å². The van der Waals surface area contributed by atoms with Crippen LogP contribution in [0.2, 0.25) is 0 Å². The summed E-state index contributed by atoms with van der Waals surface area (Å²) in [7, 11) is 0. The van der Waals surface area contributed by atoms with Gasteiger partial charge in [-0.3, -0.25) is 0 Å². The Hall–Kier alpha value is -2.05. The molecule has 2 rings (SSSR count). The number of carbonyl (C=O) groups excluding carboxylic acids is 1. The summed E-state index contributed by atoms with van der Waals surface area (Å²) in [5.41, 5.74) is 5.64. The van der Waals surface area contributed by atoms with Gasteiger partial charge in [0.05, 0.1) is 18.1 Å². The van der Waals surface area contributed by atoms with Crippen molar-refractivity contribution in [3.05, 3.63) is 12.4 Å². The van der Waals surface area contributed by atoms with Gasteiger partial charge in [-0.2, -0.15) is 0 Å². The van der Waals surface area contributed by atoms with Gasteiger partial charge in [-0.15, -0.1) is 0 Å². The van der Waals surface area contributed by atoms with Gasteiger partial charge in [0.25, 0.3) is 0 Å². The Morgan fingerprint density at radius 3 is 2.43 bits per heavy atom. The Balaban J connectivity index is 1.80. The molecule has 0 unspecified atom stereocenters. The molecule has 1 fully saturated rings. The van der Waals surface area contributed by atoms with E-state index in [9.17, 15) is 4.79 Å². The highest BCUT2D eigenvalue weighted by Gasteiger charge is 2.26. The zero-order valence-corrected chi connectivity index (χ0v) is 12.8. The van der Waals surface area contributed by atoms with Gasteiger partial charge in [-0.05, 0) is 33.6 Å². The number of rotatable bonds is 2. The number of nitrogens with one attached hydrogen (secondary N) is 1. The number of likely N-dealkylation sites (tertiary alicyclic amines) is 1. The van der Waals surface area contributed by atoms with E-state index in [1.807, 2.05) is 20.8 Å². The monoisotopic (exact) mass is 293 g/mol. The van der Waals surface area contributed by atoms with Crippen LogP contribution in [-0.2, 0) is 4.74 Å². The topological polar surface area (TPSA) is 93.4 Å². The molecule has 0 radical (unpaired) electrons. The molecule has 1 aliphatic heterocycles. The number of aromatic nitrogens is 2. The minimum absolute atomic E-state index is 0.246. The van der Waals surface area contributed by atoms with Gasteiger partial charge < -0.3 is 20.7 Å². The highest BCUT2D eigenvalue weighted by molar-refractivity contribution is 5.68. The third-order valence-corrected chi connectivity index (χ3v) is 3.15. The number of piperidine rings is 1. The molecular weight excluding hydrogens is 270 g/mol. The van der Waals surface area contributed by atoms with Crippen molar-refractivity contribution in [3.63, 3.8) is 0 Å². The van der Waals surface area contributed by atoms with Crippen LogP contribution in [0.25, 0.3) is 0 Å². The fourth-order valence-corrected chi connectivity index (χ4v) is 2.13. The second-order valence-electron chi connectivity index (χ2n) is 6.23. The van der Waals surface area contributed by atoms with Crippen molar-refractivity contribution in [1.82, 2.24) is 14.9 Å². The normalized spacial score (nSPS) is 16.6. The Morgan fingerprint density at radius 1 is 1.33 bits per heavy atom. The number of amides is 1. The summed E-state index contributed by atoms with van der Waals surface area (Å²) in [6.07, 6.45) is 4.58. The molecule has 7 nitrogen and oxygen atoms in total. The van der Waals surface area contributed by atoms with Gasteiger partial charge in [0.15, 0.2) is 0 Å². The fraction of sp³-hybridized carbons (Fsp3) is 0.643. The molecule has 0 atom stereocenters. The second-order valence-corrected chi connectivity index (χ2v) is 6.23. The molecule has 116 valence electrons. The largest absolute Gasteiger partial charge is 0.444 e. The van der Waals surface area contributed by atoms with Crippen LogP contribution in [0.3, 0.4) is 0 Å². The predicted molar refractivity (Wildman–Crippen MR) is 80.9 cm³/mol. The number of nitrogens with two attached hydrogens (primary N) is 1. The fourth-order valence-electron chi connectivity index (χ4n) is 2.13. The van der Waals surface area contributed by atoms with E-state index in [4.69, 9.17) is 10.5 Å². The predicted octanol–water partition coefficient (Wildman–Crippen LogP) is 1.87. The van der Waals surface area contributed by atoms with E-state index in [0.29, 0.717) is 24.7 Å². The van der Waals surface area contributed by atoms with E-state index < -0.39 is 5.60 Å². The van der Waals surface area contributed by atoms with Crippen molar-refractivity contribution in [2.24, 2.45) is 0 Å². The van der Waals surface area contributed by atoms with Gasteiger partial charge in [0.1, 0.15) is 5.60 Å². The minimum Gasteiger partial charge on any atom is -0.444 e. The number of nitrogen functional groups attached to an aromatic ring is 1. The summed E-state index contributed by atoms with van der Waals surface area (Å²) in [6.45, 7) is 6.95. The standard InChI is InChI=1S/C14H23N5O2/c1-14(2,3)21-13(20)19-6-4-11(5-7-19)18-12-16-8-10(15)9-17-12/h8-9,11H,4-7,15H2,1-3H3,(H,16,17,18). The van der Waals surface area contributed by atoms with Crippen LogP contribution in [0.4, 0.5) is 16.4 Å². The van der Waals surface area contributed by atoms with Crippen molar-refractivity contribution in [1.29, 1.82) is 0 Å². The Morgan fingerprint density at radius 2 is 1.90 bits per heavy atom. The molecular formula is C14H23N5O2. The van der Waals surface area contributed by atoms with E-state index in [-0.39, 0.29) is 12.1 Å². The zero-order valence-electron chi connectivity index (χ0n) is 12.8. The molecule has 1 saturated heterocycles. The average molecular weight is 293 g/mol. The smallest absolute Gasteiger partial charge is 0.410 e. The molecule has 21 heavy (non-hydrogen) atoms. The van der Waals surface area contributed by atoms with Crippen molar-refractivity contribution >= 4 is 17.7 Å². The van der Waals surface area contributed by atoms with Crippen LogP contribution in [0, 0.1) is 0 Å². The summed E-state index contributed by atoms with van der Waals surface area (Å²) in [5, 5.41) is 3.26. The molecule has 0 aromatic carbocycles. The van der Waals surface area contributed by atoms with Crippen molar-refractivity contribution in [3.8, 4) is 0 Å². The molecule has 0 spiro atoms. The highest BCUT2D eigenvalue weighted by Crippen LogP contribution is 2.17. The lowest BCUT2D eigenvalue weighted by atomic mass is 10.1. The minimum atomic E-state index is -0.454.